The van der Waals surface area contributed by atoms with E-state index in [9.17, 15) is 9.18 Å². The number of hydrogen-bond donors (Lipinski definition) is 1. The molecule has 3 aromatic rings. The number of rotatable bonds is 5. The molecular weight excluding hydrogens is 369 g/mol. The molecule has 0 unspecified atom stereocenters. The van der Waals surface area contributed by atoms with Crippen LogP contribution in [0, 0.1) is 12.7 Å². The van der Waals surface area contributed by atoms with E-state index in [-0.39, 0.29) is 18.1 Å². The van der Waals surface area contributed by atoms with Gasteiger partial charge in [0.25, 0.3) is 0 Å². The second-order valence-corrected chi connectivity index (χ2v) is 7.61. The van der Waals surface area contributed by atoms with Gasteiger partial charge in [0.05, 0.1) is 19.6 Å². The summed E-state index contributed by atoms with van der Waals surface area (Å²) in [4.78, 5) is 20.1. The first-order chi connectivity index (χ1) is 14.0. The van der Waals surface area contributed by atoms with Gasteiger partial charge in [-0.3, -0.25) is 4.79 Å². The van der Waals surface area contributed by atoms with Gasteiger partial charge in [-0.2, -0.15) is 0 Å². The first-order valence-electron chi connectivity index (χ1n) is 9.93. The highest BCUT2D eigenvalue weighted by Crippen LogP contribution is 2.24. The van der Waals surface area contributed by atoms with Crippen molar-refractivity contribution in [2.75, 3.05) is 38.3 Å². The molecule has 29 heavy (non-hydrogen) atoms. The average Bonchev–Trinajstić information content (AvgIpc) is 3.03. The van der Waals surface area contributed by atoms with Crippen molar-refractivity contribution in [1.82, 2.24) is 9.88 Å². The Morgan fingerprint density at radius 3 is 2.62 bits per heavy atom. The Hall–Kier alpha value is -2.86. The molecule has 1 fully saturated rings. The van der Waals surface area contributed by atoms with Crippen molar-refractivity contribution in [3.8, 4) is 0 Å². The van der Waals surface area contributed by atoms with E-state index in [4.69, 9.17) is 4.74 Å². The van der Waals surface area contributed by atoms with Crippen LogP contribution in [0.1, 0.15) is 16.8 Å². The molecule has 0 radical (unpaired) electrons. The molecule has 2 heterocycles. The number of carbonyl (C=O) groups excluding carboxylic acids is 1. The molecule has 1 aliphatic heterocycles. The first-order valence-corrected chi connectivity index (χ1v) is 9.93. The maximum Gasteiger partial charge on any atom is 0.227 e. The molecule has 5 nitrogen and oxygen atoms in total. The van der Waals surface area contributed by atoms with Crippen molar-refractivity contribution < 1.29 is 13.9 Å². The number of anilines is 1. The first kappa shape index (κ1) is 19.5. The predicted molar refractivity (Wildman–Crippen MR) is 113 cm³/mol. The van der Waals surface area contributed by atoms with Gasteiger partial charge in [-0.1, -0.05) is 12.1 Å². The van der Waals surface area contributed by atoms with Crippen LogP contribution in [-0.2, 0) is 22.5 Å². The zero-order valence-electron chi connectivity index (χ0n) is 16.9. The van der Waals surface area contributed by atoms with Crippen LogP contribution in [0.5, 0.6) is 0 Å². The van der Waals surface area contributed by atoms with Crippen LogP contribution in [0.25, 0.3) is 10.9 Å². The minimum Gasteiger partial charge on any atom is -0.378 e. The van der Waals surface area contributed by atoms with Gasteiger partial charge in [0.2, 0.25) is 5.91 Å². The molecule has 2 aromatic carbocycles. The van der Waals surface area contributed by atoms with Crippen LogP contribution < -0.4 is 4.90 Å². The fourth-order valence-electron chi connectivity index (χ4n) is 3.86. The number of aryl methyl sites for hydroxylation is 1. The molecule has 1 aromatic heterocycles. The normalized spacial score (nSPS) is 14.4. The summed E-state index contributed by atoms with van der Waals surface area (Å²) in [5.74, 6) is -0.283. The molecule has 0 spiro atoms. The Labute approximate surface area is 170 Å². The summed E-state index contributed by atoms with van der Waals surface area (Å²) in [7, 11) is 1.81. The van der Waals surface area contributed by atoms with Crippen LogP contribution in [0.2, 0.25) is 0 Å². The maximum atomic E-state index is 13.7. The summed E-state index contributed by atoms with van der Waals surface area (Å²) in [6.07, 6.45) is 0.248. The molecule has 152 valence electrons. The molecule has 1 amide bonds. The fraction of sp³-hybridized carbons (Fsp3) is 0.348. The summed E-state index contributed by atoms with van der Waals surface area (Å²) in [6.45, 7) is 5.79. The molecule has 0 atom stereocenters. The summed E-state index contributed by atoms with van der Waals surface area (Å²) in [6, 6.07) is 13.0. The number of nitrogens with zero attached hydrogens (tertiary/aromatic N) is 2. The van der Waals surface area contributed by atoms with Gasteiger partial charge >= 0.3 is 0 Å². The van der Waals surface area contributed by atoms with Crippen molar-refractivity contribution in [3.05, 3.63) is 65.1 Å². The number of fused-ring (bicyclic) bond motifs is 1. The van der Waals surface area contributed by atoms with E-state index < -0.39 is 0 Å². The SMILES string of the molecule is Cc1[nH]c2ccc(F)cc2c1CC(=O)N(C)Cc1ccc(N2CCOCC2)cc1. The molecule has 0 saturated carbocycles. The number of halogens is 1. The van der Waals surface area contributed by atoms with Gasteiger partial charge in [0.15, 0.2) is 0 Å². The van der Waals surface area contributed by atoms with Gasteiger partial charge in [-0.15, -0.1) is 0 Å². The lowest BCUT2D eigenvalue weighted by molar-refractivity contribution is -0.129. The average molecular weight is 395 g/mol. The number of carbonyl (C=O) groups is 1. The van der Waals surface area contributed by atoms with Crippen molar-refractivity contribution >= 4 is 22.5 Å². The van der Waals surface area contributed by atoms with Crippen LogP contribution in [0.3, 0.4) is 0 Å². The second kappa shape index (κ2) is 8.25. The summed E-state index contributed by atoms with van der Waals surface area (Å²) >= 11 is 0. The third-order valence-electron chi connectivity index (χ3n) is 5.57. The quantitative estimate of drug-likeness (QED) is 0.717. The molecule has 1 N–H and O–H groups in total. The number of ether oxygens (including phenoxy) is 1. The largest absolute Gasteiger partial charge is 0.378 e. The van der Waals surface area contributed by atoms with E-state index in [0.717, 1.165) is 54.0 Å². The number of amides is 1. The summed E-state index contributed by atoms with van der Waals surface area (Å²) in [5.41, 5.74) is 4.89. The predicted octanol–water partition coefficient (Wildman–Crippen LogP) is 3.65. The van der Waals surface area contributed by atoms with E-state index in [0.29, 0.717) is 6.54 Å². The number of hydrogen-bond acceptors (Lipinski definition) is 3. The minimum atomic E-state index is -0.293. The van der Waals surface area contributed by atoms with Gasteiger partial charge in [0.1, 0.15) is 5.82 Å². The Morgan fingerprint density at radius 2 is 1.90 bits per heavy atom. The monoisotopic (exact) mass is 395 g/mol. The van der Waals surface area contributed by atoms with Crippen molar-refractivity contribution in [2.24, 2.45) is 0 Å². The molecular formula is C23H26FN3O2. The van der Waals surface area contributed by atoms with Gasteiger partial charge < -0.3 is 19.5 Å². The lowest BCUT2D eigenvalue weighted by atomic mass is 10.1. The number of H-pyrrole nitrogens is 1. The summed E-state index contributed by atoms with van der Waals surface area (Å²) < 4.78 is 19.1. The molecule has 4 rings (SSSR count). The van der Waals surface area contributed by atoms with E-state index in [1.807, 2.05) is 14.0 Å². The number of nitrogens with one attached hydrogen (secondary N) is 1. The lowest BCUT2D eigenvalue weighted by Crippen LogP contribution is -2.36. The number of morpholine rings is 1. The van der Waals surface area contributed by atoms with Crippen molar-refractivity contribution in [1.29, 1.82) is 0 Å². The fourth-order valence-corrected chi connectivity index (χ4v) is 3.86. The van der Waals surface area contributed by atoms with E-state index in [2.05, 4.69) is 34.1 Å². The Morgan fingerprint density at radius 1 is 1.17 bits per heavy atom. The highest BCUT2D eigenvalue weighted by molar-refractivity contribution is 5.90. The Balaban J connectivity index is 1.42. The zero-order chi connectivity index (χ0) is 20.4. The molecule has 1 saturated heterocycles. The standard InChI is InChI=1S/C23H26FN3O2/c1-16-20(21-13-18(24)5-8-22(21)25-16)14-23(28)26(2)15-17-3-6-19(7-4-17)27-9-11-29-12-10-27/h3-8,13,25H,9-12,14-15H2,1-2H3. The number of aromatic amines is 1. The Kier molecular flexibility index (Phi) is 5.53. The molecule has 6 heteroatoms. The highest BCUT2D eigenvalue weighted by atomic mass is 19.1. The highest BCUT2D eigenvalue weighted by Gasteiger charge is 2.17. The third-order valence-corrected chi connectivity index (χ3v) is 5.57. The van der Waals surface area contributed by atoms with E-state index >= 15 is 0 Å². The molecule has 1 aliphatic rings. The second-order valence-electron chi connectivity index (χ2n) is 7.61. The summed E-state index contributed by atoms with van der Waals surface area (Å²) in [5, 5.41) is 0.777. The number of aromatic nitrogens is 1. The Bertz CT molecular complexity index is 1010. The zero-order valence-corrected chi connectivity index (χ0v) is 16.9. The van der Waals surface area contributed by atoms with Crippen LogP contribution in [-0.4, -0.2) is 49.1 Å². The van der Waals surface area contributed by atoms with Crippen molar-refractivity contribution in [3.63, 3.8) is 0 Å². The lowest BCUT2D eigenvalue weighted by Gasteiger charge is -2.29. The number of likely N-dealkylation sites (N-methyl/N-ethyl adjacent to an activating group) is 1. The van der Waals surface area contributed by atoms with Crippen LogP contribution >= 0.6 is 0 Å². The van der Waals surface area contributed by atoms with Crippen molar-refractivity contribution in [2.45, 2.75) is 19.9 Å². The topological polar surface area (TPSA) is 48.6 Å². The van der Waals surface area contributed by atoms with Gasteiger partial charge in [-0.25, -0.2) is 4.39 Å². The maximum absolute atomic E-state index is 13.7. The smallest absolute Gasteiger partial charge is 0.227 e. The van der Waals surface area contributed by atoms with Crippen LogP contribution in [0.15, 0.2) is 42.5 Å². The van der Waals surface area contributed by atoms with Crippen LogP contribution in [0.4, 0.5) is 10.1 Å². The van der Waals surface area contributed by atoms with E-state index in [1.54, 1.807) is 11.0 Å². The van der Waals surface area contributed by atoms with E-state index in [1.165, 1.54) is 17.8 Å². The minimum absolute atomic E-state index is 0.00974. The van der Waals surface area contributed by atoms with Gasteiger partial charge in [0, 0.05) is 49.0 Å². The molecule has 0 aliphatic carbocycles. The third kappa shape index (κ3) is 4.27. The molecule has 0 bridgehead atoms. The number of benzene rings is 2. The van der Waals surface area contributed by atoms with Gasteiger partial charge in [-0.05, 0) is 48.4 Å².